The van der Waals surface area contributed by atoms with Crippen LogP contribution in [0.4, 0.5) is 27.6 Å². The third kappa shape index (κ3) is 3.55. The van der Waals surface area contributed by atoms with E-state index in [4.69, 9.17) is 0 Å². The maximum absolute atomic E-state index is 13.1. The summed E-state index contributed by atoms with van der Waals surface area (Å²) in [6.07, 6.45) is -4.44. The average molecular weight is 332 g/mol. The summed E-state index contributed by atoms with van der Waals surface area (Å²) in [4.78, 5) is 25.2. The third-order valence-electron chi connectivity index (χ3n) is 2.90. The van der Waals surface area contributed by atoms with Gasteiger partial charge < -0.3 is 10.3 Å². The van der Waals surface area contributed by atoms with E-state index in [1.807, 2.05) is 0 Å². The van der Waals surface area contributed by atoms with Gasteiger partial charge in [0.05, 0.1) is 0 Å². The summed E-state index contributed by atoms with van der Waals surface area (Å²) in [5, 5.41) is 2.32. The average Bonchev–Trinajstić information content (AvgIpc) is 2.46. The SMILES string of the molecule is O=C(Nc1cc[nH]c(=O)c1)c1ccc(C(F)(F)C(F)(F)F)cc1. The number of aromatic nitrogens is 1. The Kier molecular flexibility index (Phi) is 4.22. The molecule has 1 amide bonds. The number of hydrogen-bond donors (Lipinski definition) is 2. The number of anilines is 1. The van der Waals surface area contributed by atoms with Gasteiger partial charge in [-0.3, -0.25) is 9.59 Å². The monoisotopic (exact) mass is 332 g/mol. The van der Waals surface area contributed by atoms with E-state index in [1.54, 1.807) is 0 Å². The number of alkyl halides is 5. The van der Waals surface area contributed by atoms with Gasteiger partial charge in [0.1, 0.15) is 0 Å². The summed E-state index contributed by atoms with van der Waals surface area (Å²) in [5.74, 6) is -5.76. The Hall–Kier alpha value is -2.71. The number of hydrogen-bond acceptors (Lipinski definition) is 2. The van der Waals surface area contributed by atoms with Crippen LogP contribution >= 0.6 is 0 Å². The van der Waals surface area contributed by atoms with Crippen LogP contribution in [-0.4, -0.2) is 17.1 Å². The van der Waals surface area contributed by atoms with Crippen molar-refractivity contribution in [1.29, 1.82) is 0 Å². The number of aromatic amines is 1. The van der Waals surface area contributed by atoms with Crippen LogP contribution in [0.5, 0.6) is 0 Å². The van der Waals surface area contributed by atoms with Crippen molar-refractivity contribution in [3.8, 4) is 0 Å². The highest BCUT2D eigenvalue weighted by atomic mass is 19.4. The van der Waals surface area contributed by atoms with Crippen molar-refractivity contribution in [2.75, 3.05) is 5.32 Å². The molecule has 0 radical (unpaired) electrons. The van der Waals surface area contributed by atoms with Gasteiger partial charge in [0.2, 0.25) is 5.56 Å². The lowest BCUT2D eigenvalue weighted by Crippen LogP contribution is -2.33. The Bertz CT molecular complexity index is 766. The molecule has 0 saturated carbocycles. The van der Waals surface area contributed by atoms with Crippen molar-refractivity contribution in [1.82, 2.24) is 4.98 Å². The molecule has 0 spiro atoms. The van der Waals surface area contributed by atoms with Gasteiger partial charge in [0, 0.05) is 29.1 Å². The van der Waals surface area contributed by atoms with Crippen molar-refractivity contribution < 1.29 is 26.7 Å². The Morgan fingerprint density at radius 1 is 1.00 bits per heavy atom. The van der Waals surface area contributed by atoms with Gasteiger partial charge in [-0.1, -0.05) is 12.1 Å². The molecule has 0 aliphatic rings. The minimum atomic E-state index is -5.72. The van der Waals surface area contributed by atoms with E-state index in [9.17, 15) is 31.5 Å². The maximum atomic E-state index is 13.1. The predicted octanol–water partition coefficient (Wildman–Crippen LogP) is 3.28. The van der Waals surface area contributed by atoms with Crippen molar-refractivity contribution in [3.05, 3.63) is 64.1 Å². The zero-order valence-corrected chi connectivity index (χ0v) is 11.2. The molecule has 2 aromatic rings. The van der Waals surface area contributed by atoms with Crippen LogP contribution in [0.25, 0.3) is 0 Å². The molecular formula is C14H9F5N2O2. The molecular weight excluding hydrogens is 323 g/mol. The second-order valence-electron chi connectivity index (χ2n) is 4.55. The number of halogens is 5. The van der Waals surface area contributed by atoms with Crippen LogP contribution in [0, 0.1) is 0 Å². The van der Waals surface area contributed by atoms with Crippen molar-refractivity contribution in [2.45, 2.75) is 12.1 Å². The molecule has 0 saturated heterocycles. The molecule has 1 aromatic heterocycles. The molecule has 1 heterocycles. The van der Waals surface area contributed by atoms with Gasteiger partial charge in [0.25, 0.3) is 5.91 Å². The second kappa shape index (κ2) is 5.82. The first kappa shape index (κ1) is 16.7. The quantitative estimate of drug-likeness (QED) is 0.848. The summed E-state index contributed by atoms with van der Waals surface area (Å²) >= 11 is 0. The van der Waals surface area contributed by atoms with Gasteiger partial charge in [-0.2, -0.15) is 22.0 Å². The summed E-state index contributed by atoms with van der Waals surface area (Å²) in [6, 6.07) is 5.21. The van der Waals surface area contributed by atoms with Crippen LogP contribution in [0.2, 0.25) is 0 Å². The number of amides is 1. The lowest BCUT2D eigenvalue weighted by atomic mass is 10.1. The Balaban J connectivity index is 2.19. The number of benzene rings is 1. The first-order valence-electron chi connectivity index (χ1n) is 6.16. The van der Waals surface area contributed by atoms with Gasteiger partial charge >= 0.3 is 12.1 Å². The van der Waals surface area contributed by atoms with Crippen molar-refractivity contribution >= 4 is 11.6 Å². The van der Waals surface area contributed by atoms with E-state index in [-0.39, 0.29) is 11.3 Å². The molecule has 0 unspecified atom stereocenters. The highest BCUT2D eigenvalue weighted by Gasteiger charge is 2.58. The molecule has 23 heavy (non-hydrogen) atoms. The van der Waals surface area contributed by atoms with Crippen molar-refractivity contribution in [2.24, 2.45) is 0 Å². The first-order chi connectivity index (χ1) is 10.6. The van der Waals surface area contributed by atoms with Gasteiger partial charge in [0.15, 0.2) is 0 Å². The smallest absolute Gasteiger partial charge is 0.329 e. The van der Waals surface area contributed by atoms with E-state index < -0.39 is 29.1 Å². The number of carbonyl (C=O) groups excluding carboxylic acids is 1. The molecule has 122 valence electrons. The first-order valence-corrected chi connectivity index (χ1v) is 6.16. The molecule has 9 heteroatoms. The fourth-order valence-corrected chi connectivity index (χ4v) is 1.72. The summed E-state index contributed by atoms with van der Waals surface area (Å²) < 4.78 is 63.0. The van der Waals surface area contributed by atoms with Gasteiger partial charge in [-0.25, -0.2) is 0 Å². The molecule has 0 fully saturated rings. The third-order valence-corrected chi connectivity index (χ3v) is 2.90. The van der Waals surface area contributed by atoms with Crippen molar-refractivity contribution in [3.63, 3.8) is 0 Å². The second-order valence-corrected chi connectivity index (χ2v) is 4.55. The van der Waals surface area contributed by atoms with Gasteiger partial charge in [-0.05, 0) is 18.2 Å². The summed E-state index contributed by atoms with van der Waals surface area (Å²) in [7, 11) is 0. The Morgan fingerprint density at radius 3 is 2.13 bits per heavy atom. The molecule has 4 nitrogen and oxygen atoms in total. The minimum Gasteiger partial charge on any atom is -0.329 e. The number of pyridine rings is 1. The molecule has 2 rings (SSSR count). The zero-order valence-electron chi connectivity index (χ0n) is 11.2. The van der Waals surface area contributed by atoms with E-state index in [2.05, 4.69) is 10.3 Å². The fourth-order valence-electron chi connectivity index (χ4n) is 1.72. The zero-order chi connectivity index (χ0) is 17.3. The molecule has 0 aliphatic carbocycles. The molecule has 0 aliphatic heterocycles. The van der Waals surface area contributed by atoms with E-state index in [1.165, 1.54) is 12.3 Å². The van der Waals surface area contributed by atoms with E-state index >= 15 is 0 Å². The van der Waals surface area contributed by atoms with E-state index in [0.717, 1.165) is 18.2 Å². The van der Waals surface area contributed by atoms with Crippen LogP contribution in [0.3, 0.4) is 0 Å². The number of nitrogens with one attached hydrogen (secondary N) is 2. The number of H-pyrrole nitrogens is 1. The molecule has 2 N–H and O–H groups in total. The summed E-state index contributed by atoms with van der Waals surface area (Å²) in [6.45, 7) is 0. The highest BCUT2D eigenvalue weighted by Crippen LogP contribution is 2.43. The molecule has 1 aromatic carbocycles. The molecule has 0 bridgehead atoms. The lowest BCUT2D eigenvalue weighted by Gasteiger charge is -2.19. The van der Waals surface area contributed by atoms with Crippen LogP contribution < -0.4 is 10.9 Å². The number of rotatable bonds is 3. The normalized spacial score (nSPS) is 12.0. The van der Waals surface area contributed by atoms with Crippen LogP contribution in [-0.2, 0) is 5.92 Å². The standard InChI is InChI=1S/C14H9F5N2O2/c15-13(16,14(17,18)19)9-3-1-8(2-4-9)12(23)21-10-5-6-20-11(22)7-10/h1-7H,(H2,20,21,22,23). The maximum Gasteiger partial charge on any atom is 0.458 e. The predicted molar refractivity (Wildman–Crippen MR) is 71.4 cm³/mol. The lowest BCUT2D eigenvalue weighted by molar-refractivity contribution is -0.289. The van der Waals surface area contributed by atoms with Crippen LogP contribution in [0.15, 0.2) is 47.4 Å². The fraction of sp³-hybridized carbons (Fsp3) is 0.143. The topological polar surface area (TPSA) is 62.0 Å². The Labute approximate surface area is 126 Å². The Morgan fingerprint density at radius 2 is 1.61 bits per heavy atom. The molecule has 0 atom stereocenters. The minimum absolute atomic E-state index is 0.132. The van der Waals surface area contributed by atoms with E-state index in [0.29, 0.717) is 12.1 Å². The van der Waals surface area contributed by atoms with Gasteiger partial charge in [-0.15, -0.1) is 0 Å². The van der Waals surface area contributed by atoms with Crippen LogP contribution in [0.1, 0.15) is 15.9 Å². The number of carbonyl (C=O) groups is 1. The summed E-state index contributed by atoms with van der Waals surface area (Å²) in [5.41, 5.74) is -1.71. The highest BCUT2D eigenvalue weighted by molar-refractivity contribution is 6.04. The largest absolute Gasteiger partial charge is 0.458 e.